The molecule has 1 heterocycles. The maximum atomic E-state index is 13.1. The van der Waals surface area contributed by atoms with Gasteiger partial charge in [-0.1, -0.05) is 0 Å². The molecule has 0 spiro atoms. The van der Waals surface area contributed by atoms with E-state index in [1.54, 1.807) is 0 Å². The highest BCUT2D eigenvalue weighted by Gasteiger charge is 2.20. The summed E-state index contributed by atoms with van der Waals surface area (Å²) in [6.07, 6.45) is 1.05. The minimum absolute atomic E-state index is 0.156. The summed E-state index contributed by atoms with van der Waals surface area (Å²) in [6.45, 7) is 0.436. The molecule has 0 bridgehead atoms. The fourth-order valence-electron chi connectivity index (χ4n) is 1.50. The van der Waals surface area contributed by atoms with Crippen LogP contribution in [0, 0.1) is 11.6 Å². The lowest BCUT2D eigenvalue weighted by Gasteiger charge is -2.15. The van der Waals surface area contributed by atoms with Gasteiger partial charge in [0.2, 0.25) is 5.76 Å². The smallest absolute Gasteiger partial charge is 0.337 e. The van der Waals surface area contributed by atoms with Crippen LogP contribution >= 0.6 is 0 Å². The lowest BCUT2D eigenvalue weighted by molar-refractivity contribution is -0.117. The van der Waals surface area contributed by atoms with Crippen molar-refractivity contribution in [2.24, 2.45) is 0 Å². The molecule has 1 amide bonds. The Morgan fingerprint density at radius 1 is 1.20 bits per heavy atom. The molecule has 106 valence electrons. The standard InChI is InChI=1S/C12H9F2NO5/c13-7-3-6(12(17)18)9(4-8(7)14)15-11(16)10-5-19-1-2-20-10/h3-5H,1-2H2,(H,15,16)(H,17,18). The second-order valence-electron chi connectivity index (χ2n) is 3.77. The molecule has 1 aromatic carbocycles. The third-order valence-corrected chi connectivity index (χ3v) is 2.41. The van der Waals surface area contributed by atoms with Crippen LogP contribution in [0.25, 0.3) is 0 Å². The van der Waals surface area contributed by atoms with Gasteiger partial charge in [0.1, 0.15) is 19.5 Å². The summed E-state index contributed by atoms with van der Waals surface area (Å²) < 4.78 is 36.0. The number of carboxylic acids is 1. The average Bonchev–Trinajstić information content (AvgIpc) is 2.43. The van der Waals surface area contributed by atoms with Crippen molar-refractivity contribution in [1.29, 1.82) is 0 Å². The molecule has 1 aliphatic rings. The predicted octanol–water partition coefficient (Wildman–Crippen LogP) is 1.49. The third-order valence-electron chi connectivity index (χ3n) is 2.41. The van der Waals surface area contributed by atoms with Gasteiger partial charge in [-0.3, -0.25) is 4.79 Å². The molecule has 1 aliphatic heterocycles. The molecule has 2 N–H and O–H groups in total. The zero-order valence-corrected chi connectivity index (χ0v) is 9.98. The van der Waals surface area contributed by atoms with Crippen LogP contribution in [-0.4, -0.2) is 30.2 Å². The highest BCUT2D eigenvalue weighted by atomic mass is 19.2. The zero-order valence-electron chi connectivity index (χ0n) is 9.98. The molecule has 20 heavy (non-hydrogen) atoms. The second-order valence-corrected chi connectivity index (χ2v) is 3.77. The van der Waals surface area contributed by atoms with E-state index in [1.807, 2.05) is 0 Å². The van der Waals surface area contributed by atoms with E-state index in [-0.39, 0.29) is 24.7 Å². The summed E-state index contributed by atoms with van der Waals surface area (Å²) in [6, 6.07) is 1.07. The van der Waals surface area contributed by atoms with Gasteiger partial charge in [0.25, 0.3) is 5.91 Å². The lowest BCUT2D eigenvalue weighted by atomic mass is 10.1. The summed E-state index contributed by atoms with van der Waals surface area (Å²) in [5.74, 6) is -5.11. The number of hydrogen-bond acceptors (Lipinski definition) is 4. The van der Waals surface area contributed by atoms with Crippen molar-refractivity contribution in [3.8, 4) is 0 Å². The van der Waals surface area contributed by atoms with Crippen LogP contribution in [-0.2, 0) is 14.3 Å². The summed E-state index contributed by atoms with van der Waals surface area (Å²) in [5.41, 5.74) is -0.953. The number of carbonyl (C=O) groups excluding carboxylic acids is 1. The number of amides is 1. The van der Waals surface area contributed by atoms with Crippen molar-refractivity contribution in [1.82, 2.24) is 0 Å². The number of carbonyl (C=O) groups is 2. The molecule has 8 heteroatoms. The van der Waals surface area contributed by atoms with Crippen LogP contribution in [0.3, 0.4) is 0 Å². The van der Waals surface area contributed by atoms with Gasteiger partial charge >= 0.3 is 5.97 Å². The molecule has 0 fully saturated rings. The van der Waals surface area contributed by atoms with E-state index in [9.17, 15) is 18.4 Å². The van der Waals surface area contributed by atoms with Crippen molar-refractivity contribution < 1.29 is 33.0 Å². The Kier molecular flexibility index (Phi) is 3.83. The van der Waals surface area contributed by atoms with Crippen LogP contribution in [0.15, 0.2) is 24.2 Å². The number of aromatic carboxylic acids is 1. The summed E-state index contributed by atoms with van der Waals surface area (Å²) in [5, 5.41) is 11.0. The summed E-state index contributed by atoms with van der Waals surface area (Å²) in [4.78, 5) is 22.7. The van der Waals surface area contributed by atoms with Crippen molar-refractivity contribution in [2.75, 3.05) is 18.5 Å². The number of anilines is 1. The Morgan fingerprint density at radius 2 is 1.90 bits per heavy atom. The maximum Gasteiger partial charge on any atom is 0.337 e. The number of benzene rings is 1. The Balaban J connectivity index is 2.28. The van der Waals surface area contributed by atoms with Gasteiger partial charge in [-0.15, -0.1) is 0 Å². The van der Waals surface area contributed by atoms with E-state index >= 15 is 0 Å². The molecule has 0 saturated carbocycles. The van der Waals surface area contributed by atoms with Crippen LogP contribution in [0.4, 0.5) is 14.5 Å². The first-order valence-electron chi connectivity index (χ1n) is 5.47. The number of ether oxygens (including phenoxy) is 2. The highest BCUT2D eigenvalue weighted by Crippen LogP contribution is 2.21. The van der Waals surface area contributed by atoms with Gasteiger partial charge in [-0.25, -0.2) is 13.6 Å². The fraction of sp³-hybridized carbons (Fsp3) is 0.167. The average molecular weight is 285 g/mol. The van der Waals surface area contributed by atoms with Gasteiger partial charge in [-0.05, 0) is 6.07 Å². The highest BCUT2D eigenvalue weighted by molar-refractivity contribution is 6.06. The van der Waals surface area contributed by atoms with Crippen LogP contribution in [0.1, 0.15) is 10.4 Å². The van der Waals surface area contributed by atoms with Gasteiger partial charge in [0.15, 0.2) is 11.6 Å². The lowest BCUT2D eigenvalue weighted by Crippen LogP contribution is -2.22. The first-order valence-corrected chi connectivity index (χ1v) is 5.47. The molecule has 0 aromatic heterocycles. The van der Waals surface area contributed by atoms with Crippen molar-refractivity contribution >= 4 is 17.6 Å². The Labute approximate surface area is 111 Å². The van der Waals surface area contributed by atoms with Crippen molar-refractivity contribution in [3.63, 3.8) is 0 Å². The van der Waals surface area contributed by atoms with Crippen LogP contribution in [0.5, 0.6) is 0 Å². The SMILES string of the molecule is O=C(Nc1cc(F)c(F)cc1C(=O)O)C1=COCCO1. The quantitative estimate of drug-likeness (QED) is 0.879. The van der Waals surface area contributed by atoms with E-state index in [4.69, 9.17) is 14.6 Å². The molecular weight excluding hydrogens is 276 g/mol. The molecule has 0 saturated heterocycles. The first-order chi connectivity index (χ1) is 9.49. The van der Waals surface area contributed by atoms with Crippen LogP contribution in [0.2, 0.25) is 0 Å². The topological polar surface area (TPSA) is 84.9 Å². The minimum atomic E-state index is -1.51. The zero-order chi connectivity index (χ0) is 14.7. The number of nitrogens with one attached hydrogen (secondary N) is 1. The van der Waals surface area contributed by atoms with E-state index in [0.717, 1.165) is 6.26 Å². The normalized spacial score (nSPS) is 13.8. The minimum Gasteiger partial charge on any atom is -0.494 e. The third kappa shape index (κ3) is 2.85. The fourth-order valence-corrected chi connectivity index (χ4v) is 1.50. The number of halogens is 2. The molecule has 0 unspecified atom stereocenters. The Hall–Kier alpha value is -2.64. The van der Waals surface area contributed by atoms with Gasteiger partial charge < -0.3 is 19.9 Å². The summed E-state index contributed by atoms with van der Waals surface area (Å²) >= 11 is 0. The molecule has 0 radical (unpaired) electrons. The Morgan fingerprint density at radius 3 is 2.50 bits per heavy atom. The Bertz CT molecular complexity index is 600. The largest absolute Gasteiger partial charge is 0.494 e. The predicted molar refractivity (Wildman–Crippen MR) is 61.9 cm³/mol. The van der Waals surface area contributed by atoms with Gasteiger partial charge in [-0.2, -0.15) is 0 Å². The molecule has 2 rings (SSSR count). The molecule has 0 aliphatic carbocycles. The van der Waals surface area contributed by atoms with E-state index in [1.165, 1.54) is 0 Å². The number of hydrogen-bond donors (Lipinski definition) is 2. The first kappa shape index (κ1) is 13.8. The molecule has 1 aromatic rings. The van der Waals surface area contributed by atoms with Crippen molar-refractivity contribution in [2.45, 2.75) is 0 Å². The van der Waals surface area contributed by atoms with Crippen LogP contribution < -0.4 is 5.32 Å². The van der Waals surface area contributed by atoms with Crippen molar-refractivity contribution in [3.05, 3.63) is 41.4 Å². The van der Waals surface area contributed by atoms with E-state index < -0.39 is 29.1 Å². The monoisotopic (exact) mass is 285 g/mol. The van der Waals surface area contributed by atoms with Gasteiger partial charge in [0, 0.05) is 6.07 Å². The van der Waals surface area contributed by atoms with Gasteiger partial charge in [0.05, 0.1) is 11.3 Å². The molecule has 6 nitrogen and oxygen atoms in total. The second kappa shape index (κ2) is 5.55. The molecular formula is C12H9F2NO5. The maximum absolute atomic E-state index is 13.1. The van der Waals surface area contributed by atoms with E-state index in [2.05, 4.69) is 5.32 Å². The molecule has 0 atom stereocenters. The van der Waals surface area contributed by atoms with E-state index in [0.29, 0.717) is 12.1 Å². The number of rotatable bonds is 3. The summed E-state index contributed by atoms with van der Waals surface area (Å²) in [7, 11) is 0. The number of carboxylic acid groups (broad SMARTS) is 1.